The van der Waals surface area contributed by atoms with Gasteiger partial charge in [0.1, 0.15) is 5.75 Å². The van der Waals surface area contributed by atoms with E-state index in [4.69, 9.17) is 4.74 Å². The monoisotopic (exact) mass is 333 g/mol. The average Bonchev–Trinajstić information content (AvgIpc) is 2.70. The molecule has 0 atom stereocenters. The van der Waals surface area contributed by atoms with Crippen molar-refractivity contribution in [2.24, 2.45) is 0 Å². The van der Waals surface area contributed by atoms with Gasteiger partial charge in [0.2, 0.25) is 0 Å². The van der Waals surface area contributed by atoms with Gasteiger partial charge in [-0.25, -0.2) is 9.97 Å². The van der Waals surface area contributed by atoms with E-state index in [1.807, 2.05) is 54.9 Å². The molecule has 4 rings (SSSR count). The van der Waals surface area contributed by atoms with E-state index < -0.39 is 0 Å². The molecule has 1 fully saturated rings. The highest BCUT2D eigenvalue weighted by molar-refractivity contribution is 5.52. The molecule has 0 saturated carbocycles. The molecule has 1 aromatic carbocycles. The molecule has 1 aliphatic heterocycles. The van der Waals surface area contributed by atoms with Gasteiger partial charge in [-0.2, -0.15) is 0 Å². The van der Waals surface area contributed by atoms with Crippen LogP contribution in [-0.2, 0) is 0 Å². The van der Waals surface area contributed by atoms with Crippen molar-refractivity contribution < 1.29 is 4.74 Å². The van der Waals surface area contributed by atoms with E-state index in [9.17, 15) is 0 Å². The zero-order valence-electron chi connectivity index (χ0n) is 13.8. The van der Waals surface area contributed by atoms with Crippen molar-refractivity contribution in [2.75, 3.05) is 36.0 Å². The lowest BCUT2D eigenvalue weighted by atomic mass is 10.2. The Bertz CT molecular complexity index is 804. The number of para-hydroxylation sites is 1. The average molecular weight is 333 g/mol. The molecule has 0 bridgehead atoms. The fourth-order valence-corrected chi connectivity index (χ4v) is 2.94. The molecule has 3 aromatic rings. The predicted molar refractivity (Wildman–Crippen MR) is 97.2 cm³/mol. The Balaban J connectivity index is 1.48. The molecule has 0 N–H and O–H groups in total. The highest BCUT2D eigenvalue weighted by atomic mass is 16.5. The van der Waals surface area contributed by atoms with E-state index in [0.29, 0.717) is 5.88 Å². The minimum Gasteiger partial charge on any atom is -0.436 e. The van der Waals surface area contributed by atoms with Crippen LogP contribution in [0, 0.1) is 0 Å². The number of ether oxygens (including phenoxy) is 1. The molecule has 0 unspecified atom stereocenters. The molecule has 6 heteroatoms. The van der Waals surface area contributed by atoms with Crippen molar-refractivity contribution in [2.45, 2.75) is 0 Å². The van der Waals surface area contributed by atoms with Crippen LogP contribution >= 0.6 is 0 Å². The fraction of sp³-hybridized carbons (Fsp3) is 0.211. The summed E-state index contributed by atoms with van der Waals surface area (Å²) in [5, 5.41) is 0. The second-order valence-corrected chi connectivity index (χ2v) is 5.78. The molecule has 0 aliphatic carbocycles. The van der Waals surface area contributed by atoms with Gasteiger partial charge in [-0.05, 0) is 24.3 Å². The standard InChI is InChI=1S/C19H19N5O/c1-2-4-17(5-3-1)25-19-18(21-10-11-22-19)24-14-12-23(13-15-24)16-6-8-20-9-7-16/h1-11H,12-15H2. The van der Waals surface area contributed by atoms with Crippen LogP contribution in [0.1, 0.15) is 0 Å². The zero-order valence-corrected chi connectivity index (χ0v) is 13.8. The van der Waals surface area contributed by atoms with Gasteiger partial charge in [-0.3, -0.25) is 4.98 Å². The lowest BCUT2D eigenvalue weighted by Crippen LogP contribution is -2.47. The highest BCUT2D eigenvalue weighted by Gasteiger charge is 2.22. The van der Waals surface area contributed by atoms with Crippen LogP contribution in [-0.4, -0.2) is 41.1 Å². The molecule has 126 valence electrons. The Morgan fingerprint density at radius 1 is 0.720 bits per heavy atom. The molecule has 25 heavy (non-hydrogen) atoms. The number of aromatic nitrogens is 3. The third-order valence-electron chi connectivity index (χ3n) is 4.21. The number of pyridine rings is 1. The Hall–Kier alpha value is -3.15. The van der Waals surface area contributed by atoms with Gasteiger partial charge in [0.15, 0.2) is 5.82 Å². The van der Waals surface area contributed by atoms with Crippen LogP contribution < -0.4 is 14.5 Å². The molecule has 6 nitrogen and oxygen atoms in total. The van der Waals surface area contributed by atoms with Crippen LogP contribution in [0.4, 0.5) is 11.5 Å². The van der Waals surface area contributed by atoms with Gasteiger partial charge in [0.25, 0.3) is 5.88 Å². The minimum atomic E-state index is 0.547. The summed E-state index contributed by atoms with van der Waals surface area (Å²) in [6.45, 7) is 3.58. The van der Waals surface area contributed by atoms with E-state index in [2.05, 4.69) is 24.8 Å². The Morgan fingerprint density at radius 3 is 2.16 bits per heavy atom. The fourth-order valence-electron chi connectivity index (χ4n) is 2.94. The smallest absolute Gasteiger partial charge is 0.263 e. The lowest BCUT2D eigenvalue weighted by Gasteiger charge is -2.36. The Morgan fingerprint density at radius 2 is 1.40 bits per heavy atom. The van der Waals surface area contributed by atoms with E-state index in [-0.39, 0.29) is 0 Å². The summed E-state index contributed by atoms with van der Waals surface area (Å²) in [4.78, 5) is 17.5. The Kier molecular flexibility index (Phi) is 4.41. The number of hydrogen-bond acceptors (Lipinski definition) is 6. The van der Waals surface area contributed by atoms with Gasteiger partial charge in [-0.1, -0.05) is 18.2 Å². The van der Waals surface area contributed by atoms with Crippen LogP contribution in [0.25, 0.3) is 0 Å². The summed E-state index contributed by atoms with van der Waals surface area (Å²) < 4.78 is 5.94. The molecule has 2 aromatic heterocycles. The molecule has 0 amide bonds. The molecule has 3 heterocycles. The Labute approximate surface area is 146 Å². The molecule has 0 spiro atoms. The molecule has 0 radical (unpaired) electrons. The van der Waals surface area contributed by atoms with E-state index in [0.717, 1.165) is 37.7 Å². The molecule has 1 saturated heterocycles. The summed E-state index contributed by atoms with van der Waals surface area (Å²) in [5.74, 6) is 2.10. The quantitative estimate of drug-likeness (QED) is 0.732. The minimum absolute atomic E-state index is 0.547. The zero-order chi connectivity index (χ0) is 16.9. The van der Waals surface area contributed by atoms with Gasteiger partial charge < -0.3 is 14.5 Å². The third kappa shape index (κ3) is 3.52. The van der Waals surface area contributed by atoms with Crippen molar-refractivity contribution >= 4 is 11.5 Å². The first-order valence-electron chi connectivity index (χ1n) is 8.34. The van der Waals surface area contributed by atoms with E-state index in [1.165, 1.54) is 5.69 Å². The van der Waals surface area contributed by atoms with Crippen LogP contribution in [0.3, 0.4) is 0 Å². The maximum absolute atomic E-state index is 5.94. The summed E-state index contributed by atoms with van der Waals surface area (Å²) in [7, 11) is 0. The summed E-state index contributed by atoms with van der Waals surface area (Å²) in [6.07, 6.45) is 7.03. The predicted octanol–water partition coefficient (Wildman–Crippen LogP) is 2.99. The topological polar surface area (TPSA) is 54.4 Å². The normalized spacial score (nSPS) is 14.4. The SMILES string of the molecule is c1ccc(Oc2nccnc2N2CCN(c3ccncc3)CC2)cc1. The number of nitrogens with zero attached hydrogens (tertiary/aromatic N) is 5. The number of benzene rings is 1. The summed E-state index contributed by atoms with van der Waals surface area (Å²) in [6, 6.07) is 13.8. The van der Waals surface area contributed by atoms with Crippen molar-refractivity contribution in [3.8, 4) is 11.6 Å². The third-order valence-corrected chi connectivity index (χ3v) is 4.21. The summed E-state index contributed by atoms with van der Waals surface area (Å²) >= 11 is 0. The second kappa shape index (κ2) is 7.17. The number of hydrogen-bond donors (Lipinski definition) is 0. The van der Waals surface area contributed by atoms with E-state index in [1.54, 1.807) is 12.4 Å². The van der Waals surface area contributed by atoms with Crippen LogP contribution in [0.15, 0.2) is 67.3 Å². The molecular formula is C19H19N5O. The van der Waals surface area contributed by atoms with Crippen molar-refractivity contribution in [3.63, 3.8) is 0 Å². The van der Waals surface area contributed by atoms with Gasteiger partial charge in [0.05, 0.1) is 0 Å². The molecule has 1 aliphatic rings. The van der Waals surface area contributed by atoms with Crippen LogP contribution in [0.5, 0.6) is 11.6 Å². The summed E-state index contributed by atoms with van der Waals surface area (Å²) in [5.41, 5.74) is 1.20. The van der Waals surface area contributed by atoms with Gasteiger partial charge >= 0.3 is 0 Å². The first-order valence-corrected chi connectivity index (χ1v) is 8.34. The largest absolute Gasteiger partial charge is 0.436 e. The number of rotatable bonds is 4. The van der Waals surface area contributed by atoms with Crippen LogP contribution in [0.2, 0.25) is 0 Å². The van der Waals surface area contributed by atoms with Crippen molar-refractivity contribution in [1.82, 2.24) is 15.0 Å². The number of piperazine rings is 1. The van der Waals surface area contributed by atoms with E-state index >= 15 is 0 Å². The first kappa shape index (κ1) is 15.4. The first-order chi connectivity index (χ1) is 12.4. The molecular weight excluding hydrogens is 314 g/mol. The maximum atomic E-state index is 5.94. The van der Waals surface area contributed by atoms with Crippen molar-refractivity contribution in [1.29, 1.82) is 0 Å². The number of anilines is 2. The second-order valence-electron chi connectivity index (χ2n) is 5.78. The maximum Gasteiger partial charge on any atom is 0.263 e. The highest BCUT2D eigenvalue weighted by Crippen LogP contribution is 2.29. The van der Waals surface area contributed by atoms with Gasteiger partial charge in [0, 0.05) is 56.7 Å². The van der Waals surface area contributed by atoms with Gasteiger partial charge in [-0.15, -0.1) is 0 Å². The van der Waals surface area contributed by atoms with Crippen molar-refractivity contribution in [3.05, 3.63) is 67.3 Å². The lowest BCUT2D eigenvalue weighted by molar-refractivity contribution is 0.457.